The quantitative estimate of drug-likeness (QED) is 0.672. The first kappa shape index (κ1) is 21.5. The van der Waals surface area contributed by atoms with Crippen LogP contribution in [-0.4, -0.2) is 42.7 Å². The molecule has 1 fully saturated rings. The van der Waals surface area contributed by atoms with Crippen molar-refractivity contribution in [3.63, 3.8) is 0 Å². The molecule has 29 heavy (non-hydrogen) atoms. The van der Waals surface area contributed by atoms with Crippen LogP contribution in [0.5, 0.6) is 0 Å². The van der Waals surface area contributed by atoms with Crippen molar-refractivity contribution in [2.75, 3.05) is 24.5 Å². The first-order valence-electron chi connectivity index (χ1n) is 10.0. The van der Waals surface area contributed by atoms with E-state index in [-0.39, 0.29) is 24.1 Å². The lowest BCUT2D eigenvalue weighted by Crippen LogP contribution is -2.51. The van der Waals surface area contributed by atoms with Crippen LogP contribution in [-0.2, 0) is 6.54 Å². The second-order valence-corrected chi connectivity index (χ2v) is 8.43. The van der Waals surface area contributed by atoms with Gasteiger partial charge in [-0.25, -0.2) is 4.39 Å². The summed E-state index contributed by atoms with van der Waals surface area (Å²) < 4.78 is 14.5. The molecule has 2 unspecified atom stereocenters. The number of piperidine rings is 1. The lowest BCUT2D eigenvalue weighted by Gasteiger charge is -2.37. The Morgan fingerprint density at radius 2 is 2.14 bits per heavy atom. The second-order valence-electron chi connectivity index (χ2n) is 7.57. The van der Waals surface area contributed by atoms with Gasteiger partial charge >= 0.3 is 0 Å². The number of pyridine rings is 1. The lowest BCUT2D eigenvalue weighted by atomic mass is 10.0. The van der Waals surface area contributed by atoms with Gasteiger partial charge in [0.1, 0.15) is 6.17 Å². The lowest BCUT2D eigenvalue weighted by molar-refractivity contribution is 0.0950. The first-order valence-corrected chi connectivity index (χ1v) is 10.9. The van der Waals surface area contributed by atoms with Crippen LogP contribution >= 0.6 is 11.3 Å². The molecule has 0 spiro atoms. The highest BCUT2D eigenvalue weighted by Crippen LogP contribution is 2.34. The summed E-state index contributed by atoms with van der Waals surface area (Å²) in [7, 11) is 0. The number of hydrogen-bond donors (Lipinski definition) is 3. The number of carbonyl (C=O) groups is 1. The van der Waals surface area contributed by atoms with E-state index in [1.54, 1.807) is 0 Å². The highest BCUT2D eigenvalue weighted by atomic mass is 32.1. The Labute approximate surface area is 174 Å². The summed E-state index contributed by atoms with van der Waals surface area (Å²) in [5.74, 6) is -0.220. The third-order valence-corrected chi connectivity index (χ3v) is 6.67. The normalized spacial score (nSPS) is 19.2. The maximum atomic E-state index is 14.5. The Bertz CT molecular complexity index is 939. The topological polar surface area (TPSA) is 77.2 Å². The van der Waals surface area contributed by atoms with Gasteiger partial charge in [-0.2, -0.15) is 0 Å². The number of thiophene rings is 1. The molecule has 1 saturated heterocycles. The van der Waals surface area contributed by atoms with Crippen LogP contribution in [0.4, 0.5) is 9.39 Å². The van der Waals surface area contributed by atoms with Crippen LogP contribution in [0.2, 0.25) is 0 Å². The van der Waals surface area contributed by atoms with Crippen LogP contribution in [0.3, 0.4) is 0 Å². The van der Waals surface area contributed by atoms with E-state index in [9.17, 15) is 14.0 Å². The maximum Gasteiger partial charge on any atom is 0.253 e. The molecule has 0 bridgehead atoms. The van der Waals surface area contributed by atoms with Gasteiger partial charge < -0.3 is 20.5 Å². The molecule has 1 aliphatic rings. The highest BCUT2D eigenvalue weighted by molar-refractivity contribution is 7.14. The minimum Gasteiger partial charge on any atom is -0.357 e. The number of rotatable bonds is 6. The van der Waals surface area contributed by atoms with Gasteiger partial charge in [0.25, 0.3) is 11.5 Å². The molecule has 1 aliphatic heterocycles. The third kappa shape index (κ3) is 4.53. The molecule has 0 aliphatic carbocycles. The van der Waals surface area contributed by atoms with Crippen molar-refractivity contribution in [2.24, 2.45) is 0 Å². The molecule has 8 heteroatoms. The molecule has 2 aromatic rings. The summed E-state index contributed by atoms with van der Waals surface area (Å²) in [6.45, 7) is 9.63. The SMILES string of the molecule is CCN(c1scc(C(=O)NCc2c(C)cc(C)[nH]c2=O)c1C)C1CCNCC1F. The highest BCUT2D eigenvalue weighted by Gasteiger charge is 2.31. The van der Waals surface area contributed by atoms with E-state index in [2.05, 4.69) is 20.5 Å². The molecule has 3 heterocycles. The fourth-order valence-electron chi connectivity index (χ4n) is 3.97. The number of aryl methyl sites for hydroxylation is 2. The number of carbonyl (C=O) groups excluding carboxylic acids is 1. The van der Waals surface area contributed by atoms with Gasteiger partial charge in [-0.3, -0.25) is 9.59 Å². The number of halogens is 1. The van der Waals surface area contributed by atoms with Crippen LogP contribution in [0.25, 0.3) is 0 Å². The predicted octanol–water partition coefficient (Wildman–Crippen LogP) is 2.82. The smallest absolute Gasteiger partial charge is 0.253 e. The zero-order chi connectivity index (χ0) is 21.1. The molecule has 0 radical (unpaired) electrons. The second kappa shape index (κ2) is 9.09. The molecule has 3 rings (SSSR count). The van der Waals surface area contributed by atoms with Gasteiger partial charge in [0.15, 0.2) is 0 Å². The largest absolute Gasteiger partial charge is 0.357 e. The molecule has 0 saturated carbocycles. The maximum absolute atomic E-state index is 14.5. The van der Waals surface area contributed by atoms with Crippen LogP contribution in [0.1, 0.15) is 46.1 Å². The molecule has 6 nitrogen and oxygen atoms in total. The van der Waals surface area contributed by atoms with Crippen molar-refractivity contribution in [3.8, 4) is 0 Å². The first-order chi connectivity index (χ1) is 13.8. The summed E-state index contributed by atoms with van der Waals surface area (Å²) in [5, 5.41) is 8.71. The van der Waals surface area contributed by atoms with Crippen molar-refractivity contribution in [3.05, 3.63) is 49.7 Å². The number of nitrogens with one attached hydrogen (secondary N) is 3. The zero-order valence-corrected chi connectivity index (χ0v) is 18.2. The molecule has 2 aromatic heterocycles. The van der Waals surface area contributed by atoms with Crippen LogP contribution in [0.15, 0.2) is 16.2 Å². The number of H-pyrrole nitrogens is 1. The summed E-state index contributed by atoms with van der Waals surface area (Å²) in [5.41, 5.74) is 3.46. The number of aromatic nitrogens is 1. The Morgan fingerprint density at radius 1 is 1.38 bits per heavy atom. The standard InChI is InChI=1S/C21H29FN4O2S/c1-5-26(18-6-7-23-10-17(18)22)21-14(4)16(11-29-21)19(27)24-9-15-12(2)8-13(3)25-20(15)28/h8,11,17-18,23H,5-7,9-10H2,1-4H3,(H,24,27)(H,25,28). The minimum absolute atomic E-state index is 0.170. The number of nitrogens with zero attached hydrogens (tertiary/aromatic N) is 1. The summed E-state index contributed by atoms with van der Waals surface area (Å²) in [6.07, 6.45) is -0.192. The van der Waals surface area contributed by atoms with E-state index < -0.39 is 6.17 Å². The summed E-state index contributed by atoms with van der Waals surface area (Å²) in [4.78, 5) is 29.8. The minimum atomic E-state index is -0.932. The zero-order valence-electron chi connectivity index (χ0n) is 17.4. The fourth-order valence-corrected chi connectivity index (χ4v) is 5.17. The Kier molecular flexibility index (Phi) is 6.74. The van der Waals surface area contributed by atoms with Gasteiger partial charge in [-0.15, -0.1) is 11.3 Å². The monoisotopic (exact) mass is 420 g/mol. The average molecular weight is 421 g/mol. The molecule has 1 amide bonds. The number of aromatic amines is 1. The molecule has 158 valence electrons. The van der Waals surface area contributed by atoms with Crippen LogP contribution < -0.4 is 21.1 Å². The van der Waals surface area contributed by atoms with Crippen molar-refractivity contribution in [1.29, 1.82) is 0 Å². The van der Waals surface area contributed by atoms with Gasteiger partial charge in [0.2, 0.25) is 0 Å². The molecule has 0 aromatic carbocycles. The van der Waals surface area contributed by atoms with E-state index in [1.165, 1.54) is 11.3 Å². The Morgan fingerprint density at radius 3 is 2.79 bits per heavy atom. The van der Waals surface area contributed by atoms with Crippen molar-refractivity contribution in [2.45, 2.75) is 52.9 Å². The Hall–Kier alpha value is -2.19. The van der Waals surface area contributed by atoms with Crippen molar-refractivity contribution >= 4 is 22.2 Å². The number of alkyl halides is 1. The van der Waals surface area contributed by atoms with E-state index in [1.807, 2.05) is 39.1 Å². The van der Waals surface area contributed by atoms with E-state index >= 15 is 0 Å². The molecular formula is C21H29FN4O2S. The average Bonchev–Trinajstić information content (AvgIpc) is 3.04. The number of anilines is 1. The van der Waals surface area contributed by atoms with E-state index in [4.69, 9.17) is 0 Å². The van der Waals surface area contributed by atoms with Crippen molar-refractivity contribution < 1.29 is 9.18 Å². The summed E-state index contributed by atoms with van der Waals surface area (Å²) in [6, 6.07) is 1.71. The number of amides is 1. The van der Waals surface area contributed by atoms with Gasteiger partial charge in [0.05, 0.1) is 16.6 Å². The summed E-state index contributed by atoms with van der Waals surface area (Å²) >= 11 is 1.47. The number of hydrogen-bond acceptors (Lipinski definition) is 5. The van der Waals surface area contributed by atoms with E-state index in [0.29, 0.717) is 24.2 Å². The predicted molar refractivity (Wildman–Crippen MR) is 116 cm³/mol. The van der Waals surface area contributed by atoms with Gasteiger partial charge in [0, 0.05) is 36.3 Å². The fraction of sp³-hybridized carbons (Fsp3) is 0.524. The van der Waals surface area contributed by atoms with Gasteiger partial charge in [-0.05, 0) is 57.9 Å². The van der Waals surface area contributed by atoms with Gasteiger partial charge in [-0.1, -0.05) is 0 Å². The third-order valence-electron chi connectivity index (χ3n) is 5.55. The van der Waals surface area contributed by atoms with Crippen molar-refractivity contribution in [1.82, 2.24) is 15.6 Å². The van der Waals surface area contributed by atoms with Crippen LogP contribution in [0, 0.1) is 20.8 Å². The van der Waals surface area contributed by atoms with E-state index in [0.717, 1.165) is 34.8 Å². The molecular weight excluding hydrogens is 391 g/mol. The molecule has 3 N–H and O–H groups in total. The molecule has 2 atom stereocenters. The Balaban J connectivity index is 1.76.